The monoisotopic (exact) mass is 448 g/mol. The molecule has 0 amide bonds. The maximum Gasteiger partial charge on any atom is 0.435 e. The maximum absolute atomic E-state index is 13.4. The third kappa shape index (κ3) is 4.08. The molecule has 4 rings (SSSR count). The Hall–Kier alpha value is -3.47. The van der Waals surface area contributed by atoms with Gasteiger partial charge in [0.1, 0.15) is 6.26 Å². The van der Waals surface area contributed by atoms with E-state index in [0.717, 1.165) is 28.8 Å². The zero-order chi connectivity index (χ0) is 22.4. The molecule has 7 nitrogen and oxygen atoms in total. The first-order valence-electron chi connectivity index (χ1n) is 8.88. The Morgan fingerprint density at radius 1 is 1.06 bits per heavy atom. The second kappa shape index (κ2) is 7.34. The van der Waals surface area contributed by atoms with Crippen LogP contribution in [0, 0.1) is 6.92 Å². The molecule has 1 aromatic carbocycles. The highest BCUT2D eigenvalue weighted by Gasteiger charge is 2.35. The maximum atomic E-state index is 13.4. The summed E-state index contributed by atoms with van der Waals surface area (Å²) in [5, 5.41) is 3.67. The summed E-state index contributed by atoms with van der Waals surface area (Å²) in [6.45, 7) is 1.79. The molecule has 0 unspecified atom stereocenters. The fourth-order valence-electron chi connectivity index (χ4n) is 3.04. The topological polar surface area (TPSA) is 90.9 Å². The van der Waals surface area contributed by atoms with E-state index < -0.39 is 21.7 Å². The molecule has 0 saturated heterocycles. The lowest BCUT2D eigenvalue weighted by molar-refractivity contribution is -0.141. The van der Waals surface area contributed by atoms with Crippen molar-refractivity contribution in [2.45, 2.75) is 18.0 Å². The number of alkyl halides is 3. The van der Waals surface area contributed by atoms with Crippen LogP contribution < -0.4 is 0 Å². The van der Waals surface area contributed by atoms with Gasteiger partial charge in [-0.25, -0.2) is 23.1 Å². The summed E-state index contributed by atoms with van der Waals surface area (Å²) in [4.78, 5) is 8.04. The summed E-state index contributed by atoms with van der Waals surface area (Å²) in [6, 6.07) is 8.52. The highest BCUT2D eigenvalue weighted by Crippen LogP contribution is 2.34. The van der Waals surface area contributed by atoms with Gasteiger partial charge in [-0.05, 0) is 42.8 Å². The van der Waals surface area contributed by atoms with Crippen LogP contribution in [0.2, 0.25) is 0 Å². The van der Waals surface area contributed by atoms with Crippen molar-refractivity contribution in [2.24, 2.45) is 0 Å². The minimum Gasteiger partial charge on any atom is -0.445 e. The van der Waals surface area contributed by atoms with Gasteiger partial charge in [-0.15, -0.1) is 0 Å². The fourth-order valence-corrected chi connectivity index (χ4v) is 3.60. The summed E-state index contributed by atoms with van der Waals surface area (Å²) in [7, 11) is -3.50. The lowest BCUT2D eigenvalue weighted by atomic mass is 10.0. The summed E-state index contributed by atoms with van der Waals surface area (Å²) in [5.41, 5.74) is 0.956. The van der Waals surface area contributed by atoms with Gasteiger partial charge in [-0.1, -0.05) is 6.07 Å². The van der Waals surface area contributed by atoms with Gasteiger partial charge in [0.15, 0.2) is 21.3 Å². The molecule has 0 fully saturated rings. The standard InChI is InChI=1S/C20H15F3N4O3S/c1-12-9-13(3-5-15(12)19-24-7-8-30-19)16-10-17(20(21,22)23)26-27(16)18-6-4-14(11-25-18)31(2,28)29/h3-11H,1-2H3. The Morgan fingerprint density at radius 3 is 2.39 bits per heavy atom. The number of aryl methyl sites for hydroxylation is 1. The normalized spacial score (nSPS) is 12.3. The van der Waals surface area contributed by atoms with Gasteiger partial charge in [0.25, 0.3) is 0 Å². The average molecular weight is 448 g/mol. The van der Waals surface area contributed by atoms with Gasteiger partial charge < -0.3 is 4.42 Å². The molecule has 0 radical (unpaired) electrons. The van der Waals surface area contributed by atoms with Gasteiger partial charge in [0, 0.05) is 23.6 Å². The number of nitrogens with zero attached hydrogens (tertiary/aromatic N) is 4. The number of hydrogen-bond donors (Lipinski definition) is 0. The van der Waals surface area contributed by atoms with Crippen molar-refractivity contribution >= 4 is 9.84 Å². The molecule has 3 heterocycles. The molecule has 0 aliphatic rings. The predicted molar refractivity (Wildman–Crippen MR) is 105 cm³/mol. The van der Waals surface area contributed by atoms with E-state index in [9.17, 15) is 21.6 Å². The van der Waals surface area contributed by atoms with E-state index in [-0.39, 0.29) is 16.4 Å². The first-order chi connectivity index (χ1) is 14.5. The van der Waals surface area contributed by atoms with Crippen LogP contribution in [0.5, 0.6) is 0 Å². The Bertz CT molecular complexity index is 1340. The molecule has 0 aliphatic heterocycles. The van der Waals surface area contributed by atoms with E-state index in [1.165, 1.54) is 24.6 Å². The van der Waals surface area contributed by atoms with Crippen LogP contribution in [0.25, 0.3) is 28.5 Å². The Kier molecular flexibility index (Phi) is 4.92. The van der Waals surface area contributed by atoms with Crippen LogP contribution >= 0.6 is 0 Å². The van der Waals surface area contributed by atoms with Gasteiger partial charge in [0.05, 0.1) is 16.8 Å². The molecule has 160 valence electrons. The van der Waals surface area contributed by atoms with Crippen LogP contribution in [-0.4, -0.2) is 34.4 Å². The lowest BCUT2D eigenvalue weighted by Gasteiger charge is -2.09. The van der Waals surface area contributed by atoms with Gasteiger partial charge in [-0.3, -0.25) is 0 Å². The SMILES string of the molecule is Cc1cc(-c2cc(C(F)(F)F)nn2-c2ccc(S(C)(=O)=O)cn2)ccc1-c1ncco1. The second-order valence-electron chi connectivity index (χ2n) is 6.82. The third-order valence-corrected chi connectivity index (χ3v) is 5.65. The highest BCUT2D eigenvalue weighted by molar-refractivity contribution is 7.90. The van der Waals surface area contributed by atoms with Crippen LogP contribution in [0.3, 0.4) is 0 Å². The van der Waals surface area contributed by atoms with Crippen molar-refractivity contribution in [1.82, 2.24) is 19.7 Å². The molecule has 0 saturated carbocycles. The van der Waals surface area contributed by atoms with Crippen LogP contribution in [0.4, 0.5) is 13.2 Å². The zero-order valence-electron chi connectivity index (χ0n) is 16.3. The molecule has 0 N–H and O–H groups in total. The second-order valence-corrected chi connectivity index (χ2v) is 8.83. The van der Waals surface area contributed by atoms with Crippen molar-refractivity contribution in [3.63, 3.8) is 0 Å². The van der Waals surface area contributed by atoms with Gasteiger partial charge in [0.2, 0.25) is 5.89 Å². The van der Waals surface area contributed by atoms with Crippen molar-refractivity contribution < 1.29 is 26.0 Å². The first-order valence-corrected chi connectivity index (χ1v) is 10.8. The molecule has 0 aliphatic carbocycles. The average Bonchev–Trinajstić information content (AvgIpc) is 3.37. The smallest absolute Gasteiger partial charge is 0.435 e. The van der Waals surface area contributed by atoms with E-state index in [1.807, 2.05) is 0 Å². The summed E-state index contributed by atoms with van der Waals surface area (Å²) in [5.74, 6) is 0.443. The van der Waals surface area contributed by atoms with E-state index in [0.29, 0.717) is 17.0 Å². The summed E-state index contributed by atoms with van der Waals surface area (Å²) in [6.07, 6.45) is 0.363. The Balaban J connectivity index is 1.84. The molecule has 0 bridgehead atoms. The number of aromatic nitrogens is 4. The highest BCUT2D eigenvalue weighted by atomic mass is 32.2. The molecule has 0 spiro atoms. The lowest BCUT2D eigenvalue weighted by Crippen LogP contribution is -2.08. The number of benzene rings is 1. The molecular weight excluding hydrogens is 433 g/mol. The quantitative estimate of drug-likeness (QED) is 0.462. The number of hydrogen-bond acceptors (Lipinski definition) is 6. The van der Waals surface area contributed by atoms with Crippen molar-refractivity contribution in [3.05, 3.63) is 66.3 Å². The van der Waals surface area contributed by atoms with E-state index in [4.69, 9.17) is 4.42 Å². The third-order valence-electron chi connectivity index (χ3n) is 4.55. The van der Waals surface area contributed by atoms with E-state index in [1.54, 1.807) is 25.1 Å². The van der Waals surface area contributed by atoms with Gasteiger partial charge >= 0.3 is 6.18 Å². The molecule has 3 aromatic heterocycles. The molecule has 11 heteroatoms. The van der Waals surface area contributed by atoms with Crippen LogP contribution in [-0.2, 0) is 16.0 Å². The van der Waals surface area contributed by atoms with Crippen LogP contribution in [0.1, 0.15) is 11.3 Å². The number of halogens is 3. The predicted octanol–water partition coefficient (Wildman–Crippen LogP) is 4.32. The van der Waals surface area contributed by atoms with Crippen molar-refractivity contribution in [1.29, 1.82) is 0 Å². The molecular formula is C20H15F3N4O3S. The number of oxazole rings is 1. The summed E-state index contributed by atoms with van der Waals surface area (Å²) < 4.78 is 69.7. The molecule has 4 aromatic rings. The Labute approximate surface area is 175 Å². The van der Waals surface area contributed by atoms with E-state index in [2.05, 4.69) is 15.1 Å². The van der Waals surface area contributed by atoms with Crippen LogP contribution in [0.15, 0.2) is 64.4 Å². The first kappa shape index (κ1) is 20.8. The van der Waals surface area contributed by atoms with Gasteiger partial charge in [-0.2, -0.15) is 18.3 Å². The van der Waals surface area contributed by atoms with Crippen molar-refractivity contribution in [2.75, 3.05) is 6.26 Å². The van der Waals surface area contributed by atoms with Crippen molar-refractivity contribution in [3.8, 4) is 28.5 Å². The minimum atomic E-state index is -4.67. The molecule has 0 atom stereocenters. The minimum absolute atomic E-state index is 0.0485. The summed E-state index contributed by atoms with van der Waals surface area (Å²) >= 11 is 0. The zero-order valence-corrected chi connectivity index (χ0v) is 17.1. The largest absolute Gasteiger partial charge is 0.445 e. The fraction of sp³-hybridized carbons (Fsp3) is 0.150. The van der Waals surface area contributed by atoms with E-state index >= 15 is 0 Å². The number of pyridine rings is 1. The number of rotatable bonds is 4. The molecule has 31 heavy (non-hydrogen) atoms. The Morgan fingerprint density at radius 2 is 1.84 bits per heavy atom. The number of sulfone groups is 1.